The van der Waals surface area contributed by atoms with Crippen LogP contribution >= 0.6 is 11.3 Å². The van der Waals surface area contributed by atoms with Gasteiger partial charge in [0.15, 0.2) is 0 Å². The van der Waals surface area contributed by atoms with Gasteiger partial charge >= 0.3 is 0 Å². The van der Waals surface area contributed by atoms with Crippen molar-refractivity contribution in [2.45, 2.75) is 25.8 Å². The highest BCUT2D eigenvalue weighted by Gasteiger charge is 2.56. The first-order valence-corrected chi connectivity index (χ1v) is 4.81. The van der Waals surface area contributed by atoms with Gasteiger partial charge in [-0.15, -0.1) is 11.3 Å². The highest BCUT2D eigenvalue weighted by molar-refractivity contribution is 7.10. The maximum absolute atomic E-state index is 5.94. The van der Waals surface area contributed by atoms with E-state index in [0.29, 0.717) is 17.4 Å². The van der Waals surface area contributed by atoms with Crippen LogP contribution in [0.3, 0.4) is 0 Å². The Morgan fingerprint density at radius 3 is 2.55 bits per heavy atom. The Morgan fingerprint density at radius 1 is 1.55 bits per heavy atom. The molecular formula is C9H13NS. The summed E-state index contributed by atoms with van der Waals surface area (Å²) in [5.41, 5.74) is 6.28. The molecule has 1 aromatic rings. The molecule has 0 unspecified atom stereocenters. The predicted octanol–water partition coefficient (Wildman–Crippen LogP) is 2.20. The zero-order valence-corrected chi connectivity index (χ0v) is 7.69. The van der Waals surface area contributed by atoms with E-state index in [1.165, 1.54) is 4.88 Å². The fourth-order valence-corrected chi connectivity index (χ4v) is 2.76. The van der Waals surface area contributed by atoms with Crippen molar-refractivity contribution in [1.82, 2.24) is 0 Å². The van der Waals surface area contributed by atoms with Gasteiger partial charge in [-0.25, -0.2) is 0 Å². The van der Waals surface area contributed by atoms with Crippen LogP contribution in [-0.2, 0) is 0 Å². The van der Waals surface area contributed by atoms with E-state index in [-0.39, 0.29) is 0 Å². The first-order valence-electron chi connectivity index (χ1n) is 3.93. The lowest BCUT2D eigenvalue weighted by Gasteiger charge is -1.97. The number of nitrogens with two attached hydrogens (primary N) is 1. The molecular weight excluding hydrogens is 154 g/mol. The summed E-state index contributed by atoms with van der Waals surface area (Å²) < 4.78 is 0. The molecule has 11 heavy (non-hydrogen) atoms. The second-order valence-electron chi connectivity index (χ2n) is 3.84. The summed E-state index contributed by atoms with van der Waals surface area (Å²) >= 11 is 1.82. The lowest BCUT2D eigenvalue weighted by molar-refractivity contribution is 0.601. The normalized spacial score (nSPS) is 33.7. The van der Waals surface area contributed by atoms with Crippen LogP contribution in [0.4, 0.5) is 0 Å². The smallest absolute Gasteiger partial charge is 0.0180 e. The van der Waals surface area contributed by atoms with Crippen LogP contribution in [0.5, 0.6) is 0 Å². The van der Waals surface area contributed by atoms with Gasteiger partial charge in [0.1, 0.15) is 0 Å². The van der Waals surface area contributed by atoms with Crippen molar-refractivity contribution in [1.29, 1.82) is 0 Å². The second kappa shape index (κ2) is 2.08. The average Bonchev–Trinajstić information content (AvgIpc) is 2.40. The molecule has 60 valence electrons. The minimum atomic E-state index is 0.338. The van der Waals surface area contributed by atoms with E-state index in [4.69, 9.17) is 5.73 Å². The maximum atomic E-state index is 5.94. The summed E-state index contributed by atoms with van der Waals surface area (Å²) in [4.78, 5) is 1.45. The van der Waals surface area contributed by atoms with Gasteiger partial charge < -0.3 is 5.73 Å². The third kappa shape index (κ3) is 0.932. The molecule has 1 heterocycles. The van der Waals surface area contributed by atoms with Crippen LogP contribution in [0, 0.1) is 5.41 Å². The molecule has 0 saturated heterocycles. The van der Waals surface area contributed by atoms with E-state index in [9.17, 15) is 0 Å². The minimum absolute atomic E-state index is 0.338. The molecule has 2 N–H and O–H groups in total. The predicted molar refractivity (Wildman–Crippen MR) is 48.8 cm³/mol. The number of rotatable bonds is 1. The van der Waals surface area contributed by atoms with Crippen LogP contribution in [0.2, 0.25) is 0 Å². The molecule has 1 aliphatic carbocycles. The van der Waals surface area contributed by atoms with Gasteiger partial charge in [0.05, 0.1) is 0 Å². The highest BCUT2D eigenvalue weighted by Crippen LogP contribution is 2.58. The summed E-state index contributed by atoms with van der Waals surface area (Å²) in [6, 6.07) is 4.66. The van der Waals surface area contributed by atoms with Gasteiger partial charge in [0.25, 0.3) is 0 Å². The fraction of sp³-hybridized carbons (Fsp3) is 0.556. The van der Waals surface area contributed by atoms with E-state index >= 15 is 0 Å². The lowest BCUT2D eigenvalue weighted by Crippen LogP contribution is -2.06. The van der Waals surface area contributed by atoms with Crippen LogP contribution < -0.4 is 5.73 Å². The largest absolute Gasteiger partial charge is 0.327 e. The first kappa shape index (κ1) is 7.32. The Balaban J connectivity index is 2.23. The van der Waals surface area contributed by atoms with Crippen molar-refractivity contribution in [3.63, 3.8) is 0 Å². The average molecular weight is 167 g/mol. The summed E-state index contributed by atoms with van der Waals surface area (Å²) in [7, 11) is 0. The minimum Gasteiger partial charge on any atom is -0.327 e. The van der Waals surface area contributed by atoms with Crippen LogP contribution in [0.1, 0.15) is 24.6 Å². The van der Waals surface area contributed by atoms with Crippen LogP contribution in [0.15, 0.2) is 17.5 Å². The topological polar surface area (TPSA) is 26.0 Å². The molecule has 1 aromatic heterocycles. The molecule has 0 amide bonds. The molecule has 2 rings (SSSR count). The molecule has 1 saturated carbocycles. The molecule has 1 aliphatic rings. The van der Waals surface area contributed by atoms with Crippen molar-refractivity contribution in [3.8, 4) is 0 Å². The Kier molecular flexibility index (Phi) is 1.38. The van der Waals surface area contributed by atoms with Gasteiger partial charge in [0, 0.05) is 16.8 Å². The van der Waals surface area contributed by atoms with Crippen molar-refractivity contribution in [3.05, 3.63) is 22.4 Å². The zero-order valence-electron chi connectivity index (χ0n) is 6.87. The molecule has 0 spiro atoms. The van der Waals surface area contributed by atoms with E-state index in [0.717, 1.165) is 0 Å². The standard InChI is InChI=1S/C9H13NS/c1-9(2)7(8(9)10)6-4-3-5-11-6/h3-5,7-8H,10H2,1-2H3/t7-,8-/m1/s1. The van der Waals surface area contributed by atoms with Crippen LogP contribution in [0.25, 0.3) is 0 Å². The van der Waals surface area contributed by atoms with E-state index < -0.39 is 0 Å². The molecule has 0 aliphatic heterocycles. The van der Waals surface area contributed by atoms with Gasteiger partial charge in [0.2, 0.25) is 0 Å². The Morgan fingerprint density at radius 2 is 2.18 bits per heavy atom. The molecule has 0 bridgehead atoms. The molecule has 1 nitrogen and oxygen atoms in total. The van der Waals surface area contributed by atoms with Crippen LogP contribution in [-0.4, -0.2) is 6.04 Å². The van der Waals surface area contributed by atoms with Gasteiger partial charge in [-0.1, -0.05) is 19.9 Å². The van der Waals surface area contributed by atoms with Crippen molar-refractivity contribution in [2.75, 3.05) is 0 Å². The highest BCUT2D eigenvalue weighted by atomic mass is 32.1. The number of hydrogen-bond donors (Lipinski definition) is 1. The van der Waals surface area contributed by atoms with Crippen molar-refractivity contribution < 1.29 is 0 Å². The second-order valence-corrected chi connectivity index (χ2v) is 4.82. The third-order valence-electron chi connectivity index (χ3n) is 2.76. The summed E-state index contributed by atoms with van der Waals surface area (Å²) in [5, 5.41) is 2.12. The monoisotopic (exact) mass is 167 g/mol. The molecule has 2 heteroatoms. The van der Waals surface area contributed by atoms with Crippen molar-refractivity contribution in [2.24, 2.45) is 11.1 Å². The zero-order chi connectivity index (χ0) is 8.06. The summed E-state index contributed by atoms with van der Waals surface area (Å²) in [6.07, 6.45) is 0. The Hall–Kier alpha value is -0.340. The lowest BCUT2D eigenvalue weighted by atomic mass is 10.1. The summed E-state index contributed by atoms with van der Waals surface area (Å²) in [5.74, 6) is 0.613. The SMILES string of the molecule is CC1(C)[C@H](N)[C@H]1c1cccs1. The van der Waals surface area contributed by atoms with Gasteiger partial charge in [-0.3, -0.25) is 0 Å². The Labute approximate surface area is 71.2 Å². The number of hydrogen-bond acceptors (Lipinski definition) is 2. The van der Waals surface area contributed by atoms with Gasteiger partial charge in [-0.2, -0.15) is 0 Å². The first-order chi connectivity index (χ1) is 5.14. The molecule has 1 fully saturated rings. The number of thiophene rings is 1. The molecule has 0 aromatic carbocycles. The van der Waals surface area contributed by atoms with Gasteiger partial charge in [-0.05, 0) is 16.9 Å². The molecule has 0 radical (unpaired) electrons. The van der Waals surface area contributed by atoms with E-state index in [2.05, 4.69) is 31.4 Å². The van der Waals surface area contributed by atoms with Crippen molar-refractivity contribution >= 4 is 11.3 Å². The van der Waals surface area contributed by atoms with E-state index in [1.54, 1.807) is 0 Å². The quantitative estimate of drug-likeness (QED) is 0.681. The third-order valence-corrected chi connectivity index (χ3v) is 3.72. The summed E-state index contributed by atoms with van der Waals surface area (Å²) in [6.45, 7) is 4.48. The Bertz CT molecular complexity index is 251. The van der Waals surface area contributed by atoms with E-state index in [1.807, 2.05) is 11.3 Å². The maximum Gasteiger partial charge on any atom is 0.0180 e. The fourth-order valence-electron chi connectivity index (χ4n) is 1.69. The molecule has 2 atom stereocenters.